The van der Waals surface area contributed by atoms with E-state index in [4.69, 9.17) is 20.4 Å². The van der Waals surface area contributed by atoms with E-state index in [2.05, 4.69) is 57.0 Å². The third-order valence-electron chi connectivity index (χ3n) is 11.1. The molecule has 320 valence electrons. The lowest BCUT2D eigenvalue weighted by Crippen LogP contribution is -2.71. The minimum atomic E-state index is -0.979. The minimum Gasteiger partial charge on any atom is -0.448 e. The predicted octanol–water partition coefficient (Wildman–Crippen LogP) is 8.06. The molecule has 1 saturated heterocycles. The van der Waals surface area contributed by atoms with Crippen LogP contribution in [0.15, 0.2) is 179 Å². The summed E-state index contributed by atoms with van der Waals surface area (Å²) in [5, 5.41) is 16.1. The molecule has 64 heavy (non-hydrogen) atoms. The lowest BCUT2D eigenvalue weighted by Gasteiger charge is -2.49. The van der Waals surface area contributed by atoms with Crippen molar-refractivity contribution in [1.29, 1.82) is 0 Å². The Kier molecular flexibility index (Phi) is 12.4. The number of nitrogens with zero attached hydrogens (tertiary/aromatic N) is 4. The number of hydrogen-bond acceptors (Lipinski definition) is 12. The molecule has 0 aliphatic carbocycles. The van der Waals surface area contributed by atoms with Crippen molar-refractivity contribution in [3.8, 4) is 0 Å². The average molecular weight is 904 g/mol. The number of carbonyl (C=O) groups excluding carboxylic acids is 3. The molecule has 2 atom stereocenters. The van der Waals surface area contributed by atoms with Gasteiger partial charge in [0.05, 0.1) is 11.1 Å². The molecule has 2 aliphatic heterocycles. The summed E-state index contributed by atoms with van der Waals surface area (Å²) in [6.07, 6.45) is 1.13. The van der Waals surface area contributed by atoms with Crippen LogP contribution in [0.4, 0.5) is 5.13 Å². The number of amides is 2. The highest BCUT2D eigenvalue weighted by Crippen LogP contribution is 2.48. The zero-order valence-corrected chi connectivity index (χ0v) is 36.8. The lowest BCUT2D eigenvalue weighted by molar-refractivity contribution is -0.154. The monoisotopic (exact) mass is 903 g/mol. The first-order valence-corrected chi connectivity index (χ1v) is 23.2. The van der Waals surface area contributed by atoms with E-state index in [1.54, 1.807) is 5.38 Å². The maximum absolute atomic E-state index is 14.9. The number of anilines is 1. The zero-order chi connectivity index (χ0) is 44.0. The van der Waals surface area contributed by atoms with Gasteiger partial charge in [-0.2, -0.15) is 5.10 Å². The Hall–Kier alpha value is -6.94. The summed E-state index contributed by atoms with van der Waals surface area (Å²) in [5.74, 6) is -1.05. The van der Waals surface area contributed by atoms with Crippen LogP contribution in [0.2, 0.25) is 0 Å². The molecule has 0 spiro atoms. The number of nitrogens with two attached hydrogens (primary N) is 1. The fraction of sp³-hybridized carbons (Fsp3) is 0.143. The van der Waals surface area contributed by atoms with Gasteiger partial charge >= 0.3 is 5.97 Å². The highest BCUT2D eigenvalue weighted by molar-refractivity contribution is 8.05. The number of hydrogen-bond donors (Lipinski definition) is 3. The normalized spacial score (nSPS) is 16.2. The second-order valence-corrected chi connectivity index (χ2v) is 17.9. The number of nitrogens with one attached hydrogen (secondary N) is 2. The molecule has 0 radical (unpaired) electrons. The van der Waals surface area contributed by atoms with Crippen molar-refractivity contribution in [1.82, 2.24) is 25.4 Å². The predicted molar refractivity (Wildman–Crippen MR) is 251 cm³/mol. The van der Waals surface area contributed by atoms with Gasteiger partial charge in [-0.05, 0) is 27.8 Å². The topological polar surface area (TPSA) is 165 Å². The molecular formula is C49H41N7O5S3. The SMILES string of the molecule is CO/N=C(\C(=O)N[C@@H]1C(=O)N2C(C(=O)OC(c3ccccc3)c3ccccc3)=C(SCc3c[nH]nc3C(c3ccccc3)(c3ccccc3)c3ccccc3)CS[C@@H]12)c1csc(N)n1. The number of esters is 1. The van der Waals surface area contributed by atoms with Gasteiger partial charge in [-0.1, -0.05) is 157 Å². The number of oxime groups is 1. The van der Waals surface area contributed by atoms with Gasteiger partial charge in [0.15, 0.2) is 16.9 Å². The van der Waals surface area contributed by atoms with Crippen LogP contribution in [-0.2, 0) is 35.1 Å². The number of β-lactam (4-membered cyclic amide) rings is 1. The Bertz CT molecular complexity index is 2690. The molecule has 7 aromatic rings. The standard InChI is InChI=1S/C49H41N7O5S3/c1-60-55-39(37-29-64-48(50)52-37)44(57)53-40-45(58)56-41(47(59)61-42(31-17-7-2-8-18-31)32-19-9-3-10-20-32)38(30-63-46(40)56)62-28-33-27-51-54-43(33)49(34-21-11-4-12-22-34,35-23-13-5-14-24-35)36-25-15-6-16-26-36/h2-27,29,40,42,46H,28,30H2,1H3,(H2,50,52)(H,51,54)(H,53,57)/b55-39-/t40-,46+/m1/s1. The Morgan fingerprint density at radius 2 is 1.42 bits per heavy atom. The first kappa shape index (κ1) is 42.4. The summed E-state index contributed by atoms with van der Waals surface area (Å²) >= 11 is 4.05. The lowest BCUT2D eigenvalue weighted by atomic mass is 9.66. The molecule has 2 aromatic heterocycles. The second kappa shape index (κ2) is 18.8. The first-order valence-electron chi connectivity index (χ1n) is 20.3. The molecule has 5 aromatic carbocycles. The zero-order valence-electron chi connectivity index (χ0n) is 34.4. The highest BCUT2D eigenvalue weighted by atomic mass is 32.2. The number of H-pyrrole nitrogens is 1. The molecule has 15 heteroatoms. The summed E-state index contributed by atoms with van der Waals surface area (Å²) in [6, 6.07) is 49.0. The third-order valence-corrected chi connectivity index (χ3v) is 14.4. The van der Waals surface area contributed by atoms with E-state index in [0.29, 0.717) is 16.4 Å². The van der Waals surface area contributed by atoms with Gasteiger partial charge in [0.2, 0.25) is 0 Å². The van der Waals surface area contributed by atoms with Gasteiger partial charge in [0.25, 0.3) is 11.8 Å². The number of nitrogen functional groups attached to an aromatic ring is 1. The quantitative estimate of drug-likeness (QED) is 0.0302. The number of thioether (sulfide) groups is 2. The number of benzene rings is 5. The van der Waals surface area contributed by atoms with E-state index in [1.807, 2.05) is 121 Å². The van der Waals surface area contributed by atoms with E-state index in [9.17, 15) is 14.4 Å². The van der Waals surface area contributed by atoms with Crippen LogP contribution in [0, 0.1) is 0 Å². The molecule has 0 saturated carbocycles. The van der Waals surface area contributed by atoms with E-state index in [1.165, 1.54) is 35.5 Å². The summed E-state index contributed by atoms with van der Waals surface area (Å²) in [6.45, 7) is 0. The Morgan fingerprint density at radius 1 is 0.875 bits per heavy atom. The molecule has 0 bridgehead atoms. The number of aromatic amines is 1. The van der Waals surface area contributed by atoms with Gasteiger partial charge in [-0.15, -0.1) is 34.9 Å². The molecule has 2 amide bonds. The average Bonchev–Trinajstić information content (AvgIpc) is 4.01. The van der Waals surface area contributed by atoms with Gasteiger partial charge in [0, 0.05) is 33.6 Å². The molecule has 4 heterocycles. The number of rotatable bonds is 15. The third kappa shape index (κ3) is 8.09. The van der Waals surface area contributed by atoms with Crippen molar-refractivity contribution in [3.63, 3.8) is 0 Å². The molecule has 2 aliphatic rings. The van der Waals surface area contributed by atoms with Crippen molar-refractivity contribution in [2.45, 2.75) is 28.7 Å². The molecule has 12 nitrogen and oxygen atoms in total. The van der Waals surface area contributed by atoms with Crippen molar-refractivity contribution >= 4 is 63.5 Å². The summed E-state index contributed by atoms with van der Waals surface area (Å²) < 4.78 is 6.45. The second-order valence-electron chi connectivity index (χ2n) is 14.8. The van der Waals surface area contributed by atoms with Gasteiger partial charge in [-0.25, -0.2) is 9.78 Å². The van der Waals surface area contributed by atoms with Crippen molar-refractivity contribution in [2.24, 2.45) is 5.16 Å². The summed E-state index contributed by atoms with van der Waals surface area (Å²) in [5.41, 5.74) is 11.6. The van der Waals surface area contributed by atoms with Gasteiger partial charge in [0.1, 0.15) is 29.9 Å². The maximum Gasteiger partial charge on any atom is 0.356 e. The largest absolute Gasteiger partial charge is 0.448 e. The first-order chi connectivity index (χ1) is 31.4. The maximum atomic E-state index is 14.9. The van der Waals surface area contributed by atoms with Gasteiger partial charge in [-0.3, -0.25) is 19.6 Å². The fourth-order valence-corrected chi connectivity index (χ4v) is 11.4. The smallest absolute Gasteiger partial charge is 0.356 e. The van der Waals surface area contributed by atoms with Crippen LogP contribution >= 0.6 is 34.9 Å². The van der Waals surface area contributed by atoms with E-state index >= 15 is 0 Å². The van der Waals surface area contributed by atoms with Crippen molar-refractivity contribution in [3.05, 3.63) is 219 Å². The van der Waals surface area contributed by atoms with E-state index in [0.717, 1.165) is 50.4 Å². The van der Waals surface area contributed by atoms with Crippen LogP contribution in [-0.4, -0.2) is 67.9 Å². The minimum absolute atomic E-state index is 0.129. The highest BCUT2D eigenvalue weighted by Gasteiger charge is 2.55. The molecule has 4 N–H and O–H groups in total. The van der Waals surface area contributed by atoms with Crippen LogP contribution in [0.25, 0.3) is 0 Å². The fourth-order valence-electron chi connectivity index (χ4n) is 8.23. The Labute approximate surface area is 382 Å². The molecule has 1 fully saturated rings. The molecule has 0 unspecified atom stereocenters. The number of thiazole rings is 1. The number of ether oxygens (including phenoxy) is 1. The van der Waals surface area contributed by atoms with Crippen LogP contribution in [0.1, 0.15) is 50.9 Å². The number of fused-ring (bicyclic) bond motifs is 1. The van der Waals surface area contributed by atoms with Crippen LogP contribution < -0.4 is 11.1 Å². The van der Waals surface area contributed by atoms with Crippen molar-refractivity contribution in [2.75, 3.05) is 18.6 Å². The summed E-state index contributed by atoms with van der Waals surface area (Å²) in [4.78, 5) is 54.2. The Morgan fingerprint density at radius 3 is 1.94 bits per heavy atom. The molecular weight excluding hydrogens is 863 g/mol. The van der Waals surface area contributed by atoms with E-state index in [-0.39, 0.29) is 22.2 Å². The van der Waals surface area contributed by atoms with Crippen LogP contribution in [0.3, 0.4) is 0 Å². The van der Waals surface area contributed by atoms with Crippen LogP contribution in [0.5, 0.6) is 0 Å². The number of carbonyl (C=O) groups is 3. The van der Waals surface area contributed by atoms with E-state index < -0.39 is 40.7 Å². The van der Waals surface area contributed by atoms with Gasteiger partial charge < -0.3 is 20.6 Å². The molecule has 9 rings (SSSR count). The number of aromatic nitrogens is 3. The Balaban J connectivity index is 1.09. The van der Waals surface area contributed by atoms with Crippen molar-refractivity contribution < 1.29 is 24.0 Å². The summed E-state index contributed by atoms with van der Waals surface area (Å²) in [7, 11) is 1.31.